The Bertz CT molecular complexity index is 841. The monoisotopic (exact) mass is 277 g/mol. The molecule has 2 aromatic heterocycles. The highest BCUT2D eigenvalue weighted by Gasteiger charge is 2.24. The number of aryl methyl sites for hydroxylation is 3. The lowest BCUT2D eigenvalue weighted by molar-refractivity contribution is 0.943. The molecule has 0 aliphatic heterocycles. The van der Waals surface area contributed by atoms with Gasteiger partial charge < -0.3 is 4.57 Å². The molecule has 0 radical (unpaired) electrons. The number of aromatic nitrogens is 3. The average Bonchev–Trinajstić information content (AvgIpc) is 3.25. The highest BCUT2D eigenvalue weighted by molar-refractivity contribution is 5.81. The first-order valence-corrected chi connectivity index (χ1v) is 7.53. The molecule has 106 valence electrons. The van der Waals surface area contributed by atoms with Crippen LogP contribution >= 0.6 is 0 Å². The van der Waals surface area contributed by atoms with Crippen LogP contribution in [0.4, 0.5) is 0 Å². The van der Waals surface area contributed by atoms with E-state index in [4.69, 9.17) is 9.97 Å². The van der Waals surface area contributed by atoms with Crippen LogP contribution in [-0.2, 0) is 7.05 Å². The fourth-order valence-corrected chi connectivity index (χ4v) is 2.99. The lowest BCUT2D eigenvalue weighted by Gasteiger charge is -2.07. The largest absolute Gasteiger partial charge is 0.326 e. The Morgan fingerprint density at radius 3 is 2.67 bits per heavy atom. The molecular weight excluding hydrogens is 258 g/mol. The summed E-state index contributed by atoms with van der Waals surface area (Å²) in [5.74, 6) is 1.70. The van der Waals surface area contributed by atoms with E-state index in [1.807, 2.05) is 6.20 Å². The van der Waals surface area contributed by atoms with Gasteiger partial charge in [0.05, 0.1) is 11.0 Å². The molecule has 0 unspecified atom stereocenters. The smallest absolute Gasteiger partial charge is 0.159 e. The van der Waals surface area contributed by atoms with E-state index in [9.17, 15) is 0 Å². The quantitative estimate of drug-likeness (QED) is 0.705. The predicted octanol–water partition coefficient (Wildman–Crippen LogP) is 4.13. The Morgan fingerprint density at radius 1 is 1.14 bits per heavy atom. The van der Waals surface area contributed by atoms with Gasteiger partial charge in [0.15, 0.2) is 5.82 Å². The third kappa shape index (κ3) is 2.04. The van der Waals surface area contributed by atoms with Gasteiger partial charge >= 0.3 is 0 Å². The number of hydrogen-bond acceptors (Lipinski definition) is 2. The van der Waals surface area contributed by atoms with Crippen molar-refractivity contribution in [2.24, 2.45) is 7.05 Å². The molecule has 0 bridgehead atoms. The topological polar surface area (TPSA) is 30.7 Å². The van der Waals surface area contributed by atoms with Crippen molar-refractivity contribution in [3.05, 3.63) is 47.2 Å². The maximum Gasteiger partial charge on any atom is 0.159 e. The number of hydrogen-bond donors (Lipinski definition) is 0. The summed E-state index contributed by atoms with van der Waals surface area (Å²) in [6, 6.07) is 8.68. The molecule has 4 rings (SSSR count). The Morgan fingerprint density at radius 2 is 1.95 bits per heavy atom. The predicted molar refractivity (Wildman–Crippen MR) is 85.4 cm³/mol. The molecule has 1 aliphatic carbocycles. The SMILES string of the molecule is Cc1ccc2c(c1)nc(-c1ncc(C3CC3)cc1C)n2C. The number of nitrogens with zero attached hydrogens (tertiary/aromatic N) is 3. The molecule has 3 nitrogen and oxygen atoms in total. The van der Waals surface area contributed by atoms with Crippen molar-refractivity contribution in [2.75, 3.05) is 0 Å². The van der Waals surface area contributed by atoms with E-state index in [-0.39, 0.29) is 0 Å². The van der Waals surface area contributed by atoms with Gasteiger partial charge in [0.25, 0.3) is 0 Å². The Kier molecular flexibility index (Phi) is 2.64. The summed E-state index contributed by atoms with van der Waals surface area (Å²) in [5, 5.41) is 0. The number of pyridine rings is 1. The molecule has 0 spiro atoms. The molecule has 0 N–H and O–H groups in total. The van der Waals surface area contributed by atoms with Crippen LogP contribution < -0.4 is 0 Å². The number of rotatable bonds is 2. The minimum absolute atomic E-state index is 0.744. The maximum absolute atomic E-state index is 4.79. The first kappa shape index (κ1) is 12.6. The van der Waals surface area contributed by atoms with Gasteiger partial charge in [-0.2, -0.15) is 0 Å². The van der Waals surface area contributed by atoms with Crippen LogP contribution in [0.2, 0.25) is 0 Å². The summed E-state index contributed by atoms with van der Waals surface area (Å²) < 4.78 is 2.14. The Hall–Kier alpha value is -2.16. The Labute approximate surface area is 124 Å². The van der Waals surface area contributed by atoms with Gasteiger partial charge in [-0.3, -0.25) is 4.98 Å². The van der Waals surface area contributed by atoms with E-state index in [0.717, 1.165) is 28.5 Å². The summed E-state index contributed by atoms with van der Waals surface area (Å²) in [5.41, 5.74) is 7.03. The van der Waals surface area contributed by atoms with Gasteiger partial charge in [-0.25, -0.2) is 4.98 Å². The maximum atomic E-state index is 4.79. The van der Waals surface area contributed by atoms with E-state index >= 15 is 0 Å². The molecule has 0 atom stereocenters. The summed E-state index contributed by atoms with van der Waals surface area (Å²) in [6.07, 6.45) is 4.66. The van der Waals surface area contributed by atoms with Crippen LogP contribution in [0.3, 0.4) is 0 Å². The lowest BCUT2D eigenvalue weighted by atomic mass is 10.1. The first-order valence-electron chi connectivity index (χ1n) is 7.53. The molecule has 1 fully saturated rings. The van der Waals surface area contributed by atoms with Crippen molar-refractivity contribution in [3.8, 4) is 11.5 Å². The third-order valence-corrected chi connectivity index (χ3v) is 4.40. The van der Waals surface area contributed by atoms with Crippen molar-refractivity contribution in [3.63, 3.8) is 0 Å². The van der Waals surface area contributed by atoms with Gasteiger partial charge in [0, 0.05) is 13.2 Å². The Balaban J connectivity index is 1.87. The molecule has 3 aromatic rings. The van der Waals surface area contributed by atoms with Gasteiger partial charge in [-0.1, -0.05) is 12.1 Å². The van der Waals surface area contributed by atoms with Crippen molar-refractivity contribution < 1.29 is 0 Å². The average molecular weight is 277 g/mol. The molecule has 0 amide bonds. The van der Waals surface area contributed by atoms with E-state index in [0.29, 0.717) is 0 Å². The summed E-state index contributed by atoms with van der Waals surface area (Å²) in [7, 11) is 2.07. The van der Waals surface area contributed by atoms with E-state index in [1.165, 1.54) is 29.5 Å². The normalized spacial score (nSPS) is 14.8. The second kappa shape index (κ2) is 4.42. The highest BCUT2D eigenvalue weighted by Crippen LogP contribution is 2.40. The van der Waals surface area contributed by atoms with Crippen molar-refractivity contribution in [1.82, 2.24) is 14.5 Å². The zero-order chi connectivity index (χ0) is 14.6. The standard InChI is InChI=1S/C18H19N3/c1-11-4-7-16-15(8-11)20-18(21(16)3)17-12(2)9-14(10-19-17)13-5-6-13/h4,7-10,13H,5-6H2,1-3H3. The van der Waals surface area contributed by atoms with Crippen LogP contribution in [0.5, 0.6) is 0 Å². The van der Waals surface area contributed by atoms with Crippen molar-refractivity contribution >= 4 is 11.0 Å². The summed E-state index contributed by atoms with van der Waals surface area (Å²) in [4.78, 5) is 9.50. The molecule has 3 heteroatoms. The van der Waals surface area contributed by atoms with E-state index in [2.05, 4.69) is 49.7 Å². The van der Waals surface area contributed by atoms with Gasteiger partial charge in [0.1, 0.15) is 5.69 Å². The third-order valence-electron chi connectivity index (χ3n) is 4.40. The van der Waals surface area contributed by atoms with Crippen LogP contribution in [0.25, 0.3) is 22.6 Å². The zero-order valence-corrected chi connectivity index (χ0v) is 12.7. The molecular formula is C18H19N3. The molecule has 21 heavy (non-hydrogen) atoms. The minimum atomic E-state index is 0.744. The van der Waals surface area contributed by atoms with Crippen molar-refractivity contribution in [1.29, 1.82) is 0 Å². The number of imidazole rings is 1. The van der Waals surface area contributed by atoms with Crippen LogP contribution in [0, 0.1) is 13.8 Å². The minimum Gasteiger partial charge on any atom is -0.326 e. The second-order valence-corrected chi connectivity index (χ2v) is 6.20. The van der Waals surface area contributed by atoms with Gasteiger partial charge in [-0.15, -0.1) is 0 Å². The second-order valence-electron chi connectivity index (χ2n) is 6.20. The number of benzene rings is 1. The molecule has 1 aromatic carbocycles. The molecule has 0 saturated heterocycles. The number of fused-ring (bicyclic) bond motifs is 1. The van der Waals surface area contributed by atoms with Crippen LogP contribution in [-0.4, -0.2) is 14.5 Å². The van der Waals surface area contributed by atoms with Crippen LogP contribution in [0.15, 0.2) is 30.5 Å². The van der Waals surface area contributed by atoms with Crippen LogP contribution in [0.1, 0.15) is 35.4 Å². The molecule has 1 aliphatic rings. The zero-order valence-electron chi connectivity index (χ0n) is 12.7. The summed E-state index contributed by atoms with van der Waals surface area (Å²) in [6.45, 7) is 4.24. The van der Waals surface area contributed by atoms with E-state index < -0.39 is 0 Å². The van der Waals surface area contributed by atoms with Gasteiger partial charge in [-0.05, 0) is 61.4 Å². The molecule has 1 saturated carbocycles. The first-order chi connectivity index (χ1) is 10.1. The lowest BCUT2D eigenvalue weighted by Crippen LogP contribution is -1.98. The fourth-order valence-electron chi connectivity index (χ4n) is 2.99. The highest BCUT2D eigenvalue weighted by atomic mass is 15.1. The van der Waals surface area contributed by atoms with E-state index in [1.54, 1.807) is 0 Å². The summed E-state index contributed by atoms with van der Waals surface area (Å²) >= 11 is 0. The van der Waals surface area contributed by atoms with Gasteiger partial charge in [0.2, 0.25) is 0 Å². The fraction of sp³-hybridized carbons (Fsp3) is 0.333. The van der Waals surface area contributed by atoms with Crippen molar-refractivity contribution in [2.45, 2.75) is 32.6 Å². The molecule has 2 heterocycles.